The van der Waals surface area contributed by atoms with E-state index in [1.165, 1.54) is 10.4 Å². The van der Waals surface area contributed by atoms with Gasteiger partial charge in [-0.25, -0.2) is 0 Å². The molecule has 1 aromatic heterocycles. The normalized spacial score (nSPS) is 23.4. The summed E-state index contributed by atoms with van der Waals surface area (Å²) < 4.78 is 5.65. The van der Waals surface area contributed by atoms with E-state index in [1.54, 1.807) is 23.5 Å². The Hall–Kier alpha value is -2.59. The van der Waals surface area contributed by atoms with E-state index in [4.69, 9.17) is 4.74 Å². The molecule has 2 heterocycles. The lowest BCUT2D eigenvalue weighted by Gasteiger charge is -2.40. The minimum absolute atomic E-state index is 0.0872. The van der Waals surface area contributed by atoms with Crippen LogP contribution in [0.15, 0.2) is 53.9 Å². The molecule has 38 heavy (non-hydrogen) atoms. The molecule has 0 bridgehead atoms. The number of aliphatic hydroxyl groups excluding tert-OH is 4. The number of benzene rings is 2. The van der Waals surface area contributed by atoms with E-state index in [1.807, 2.05) is 30.5 Å². The average molecular weight is 541 g/mol. The molecule has 0 aliphatic carbocycles. The molecule has 5 atom stereocenters. The SMILES string of the molecule is Cc1cc(O)c([C@@H]2O[C@H](CO)[C@@H](O)[C@H](O)[C@H]2O)cc1Cc1ccc(CCCC(=O)CCc2cccs2)cc1. The number of phenols is 1. The van der Waals surface area contributed by atoms with Crippen molar-refractivity contribution in [2.45, 2.75) is 76.0 Å². The van der Waals surface area contributed by atoms with Crippen LogP contribution in [0.5, 0.6) is 5.75 Å². The first-order valence-corrected chi connectivity index (χ1v) is 13.9. The lowest BCUT2D eigenvalue weighted by Crippen LogP contribution is -2.55. The number of hydrogen-bond acceptors (Lipinski definition) is 8. The summed E-state index contributed by atoms with van der Waals surface area (Å²) >= 11 is 1.69. The highest BCUT2D eigenvalue weighted by atomic mass is 32.1. The van der Waals surface area contributed by atoms with Gasteiger partial charge in [-0.2, -0.15) is 0 Å². The third kappa shape index (κ3) is 6.88. The highest BCUT2D eigenvalue weighted by Gasteiger charge is 2.44. The fraction of sp³-hybridized carbons (Fsp3) is 0.433. The molecule has 2 aromatic carbocycles. The van der Waals surface area contributed by atoms with Crippen LogP contribution in [0.3, 0.4) is 0 Å². The van der Waals surface area contributed by atoms with Crippen LogP contribution in [0.25, 0.3) is 0 Å². The molecule has 0 amide bonds. The second kappa shape index (κ2) is 13.0. The number of carbonyl (C=O) groups excluding carboxylic acids is 1. The van der Waals surface area contributed by atoms with Gasteiger partial charge in [-0.3, -0.25) is 4.79 Å². The number of phenolic OH excluding ortho intramolecular Hbond substituents is 1. The van der Waals surface area contributed by atoms with Gasteiger partial charge in [0.2, 0.25) is 0 Å². The van der Waals surface area contributed by atoms with Crippen molar-refractivity contribution in [1.29, 1.82) is 0 Å². The van der Waals surface area contributed by atoms with Crippen LogP contribution in [0, 0.1) is 6.92 Å². The molecule has 1 fully saturated rings. The smallest absolute Gasteiger partial charge is 0.133 e. The monoisotopic (exact) mass is 540 g/mol. The van der Waals surface area contributed by atoms with Crippen LogP contribution in [-0.2, 0) is 28.8 Å². The number of rotatable bonds is 11. The summed E-state index contributed by atoms with van der Waals surface area (Å²) in [5.41, 5.74) is 4.31. The molecule has 3 aromatic rings. The minimum Gasteiger partial charge on any atom is -0.508 e. The van der Waals surface area contributed by atoms with Gasteiger partial charge in [-0.15, -0.1) is 11.3 Å². The number of thiophene rings is 1. The van der Waals surface area contributed by atoms with Crippen LogP contribution in [0.2, 0.25) is 0 Å². The Balaban J connectivity index is 1.36. The molecule has 0 saturated carbocycles. The lowest BCUT2D eigenvalue weighted by molar-refractivity contribution is -0.232. The molecule has 1 aliphatic rings. The Morgan fingerprint density at radius 3 is 2.37 bits per heavy atom. The maximum atomic E-state index is 12.2. The van der Waals surface area contributed by atoms with E-state index in [0.29, 0.717) is 30.6 Å². The molecule has 8 heteroatoms. The zero-order chi connectivity index (χ0) is 27.2. The first-order chi connectivity index (χ1) is 18.3. The average Bonchev–Trinajstić information content (AvgIpc) is 3.43. The Bertz CT molecular complexity index is 1190. The molecule has 4 rings (SSSR count). The molecule has 0 spiro atoms. The maximum Gasteiger partial charge on any atom is 0.133 e. The van der Waals surface area contributed by atoms with Crippen molar-refractivity contribution in [3.63, 3.8) is 0 Å². The van der Waals surface area contributed by atoms with Crippen molar-refractivity contribution in [2.75, 3.05) is 6.61 Å². The topological polar surface area (TPSA) is 127 Å². The fourth-order valence-corrected chi connectivity index (χ4v) is 5.62. The van der Waals surface area contributed by atoms with E-state index in [0.717, 1.165) is 36.0 Å². The van der Waals surface area contributed by atoms with Crippen molar-refractivity contribution in [1.82, 2.24) is 0 Å². The number of ether oxygens (including phenoxy) is 1. The van der Waals surface area contributed by atoms with Gasteiger partial charge >= 0.3 is 0 Å². The Kier molecular flexibility index (Phi) is 9.70. The molecular weight excluding hydrogens is 504 g/mol. The fourth-order valence-electron chi connectivity index (χ4n) is 4.91. The van der Waals surface area contributed by atoms with Gasteiger partial charge in [0.25, 0.3) is 0 Å². The predicted octanol–water partition coefficient (Wildman–Crippen LogP) is 3.39. The third-order valence-corrected chi connectivity index (χ3v) is 8.19. The van der Waals surface area contributed by atoms with Crippen LogP contribution in [0.4, 0.5) is 0 Å². The van der Waals surface area contributed by atoms with Crippen molar-refractivity contribution >= 4 is 17.1 Å². The summed E-state index contributed by atoms with van der Waals surface area (Å²) in [5.74, 6) is 0.212. The highest BCUT2D eigenvalue weighted by molar-refractivity contribution is 7.09. The van der Waals surface area contributed by atoms with Crippen LogP contribution >= 0.6 is 11.3 Å². The molecule has 0 radical (unpaired) electrons. The Labute approximate surface area is 227 Å². The number of ketones is 1. The van der Waals surface area contributed by atoms with Gasteiger partial charge in [-0.1, -0.05) is 30.3 Å². The van der Waals surface area contributed by atoms with Gasteiger partial charge in [0.1, 0.15) is 42.1 Å². The third-order valence-electron chi connectivity index (χ3n) is 7.25. The molecule has 5 N–H and O–H groups in total. The summed E-state index contributed by atoms with van der Waals surface area (Å²) in [6, 6.07) is 15.6. The molecular formula is C30H36O7S. The summed E-state index contributed by atoms with van der Waals surface area (Å²) in [6.45, 7) is 1.35. The number of aliphatic hydroxyl groups is 4. The summed E-state index contributed by atoms with van der Waals surface area (Å²) in [6.07, 6.45) is -2.34. The first kappa shape index (κ1) is 28.4. The second-order valence-corrected chi connectivity index (χ2v) is 11.1. The molecule has 1 aliphatic heterocycles. The minimum atomic E-state index is -1.51. The summed E-state index contributed by atoms with van der Waals surface area (Å²) in [5, 5.41) is 52.9. The van der Waals surface area contributed by atoms with Gasteiger partial charge in [0.15, 0.2) is 0 Å². The van der Waals surface area contributed by atoms with Crippen molar-refractivity contribution in [2.24, 2.45) is 0 Å². The van der Waals surface area contributed by atoms with Crippen molar-refractivity contribution in [3.05, 3.63) is 86.6 Å². The van der Waals surface area contributed by atoms with Crippen LogP contribution < -0.4 is 0 Å². The zero-order valence-electron chi connectivity index (χ0n) is 21.5. The van der Waals surface area contributed by atoms with Gasteiger partial charge < -0.3 is 30.3 Å². The number of carbonyl (C=O) groups is 1. The molecule has 0 unspecified atom stereocenters. The summed E-state index contributed by atoms with van der Waals surface area (Å²) in [7, 11) is 0. The number of Topliss-reactive ketones (excluding diaryl/α,β-unsaturated/α-hetero) is 1. The largest absolute Gasteiger partial charge is 0.508 e. The predicted molar refractivity (Wildman–Crippen MR) is 145 cm³/mol. The van der Waals surface area contributed by atoms with E-state index in [-0.39, 0.29) is 5.75 Å². The second-order valence-electron chi connectivity index (χ2n) is 10.1. The standard InChI is InChI=1S/C30H36O7S/c1-18-14-25(33)24(30-29(36)28(35)27(34)26(17-31)37-30)16-21(18)15-20-9-7-19(8-10-20)4-2-5-22(32)11-12-23-6-3-13-38-23/h3,6-10,13-14,16,26-31,33-36H,2,4-5,11-12,15,17H2,1H3/t26-,27-,28+,29-,30+/m1/s1. The number of aryl methyl sites for hydroxylation is 3. The van der Waals surface area contributed by atoms with E-state index in [9.17, 15) is 30.3 Å². The molecule has 1 saturated heterocycles. The van der Waals surface area contributed by atoms with E-state index < -0.39 is 37.1 Å². The Morgan fingerprint density at radius 1 is 0.947 bits per heavy atom. The van der Waals surface area contributed by atoms with Gasteiger partial charge in [0, 0.05) is 23.3 Å². The lowest BCUT2D eigenvalue weighted by atomic mass is 9.88. The highest BCUT2D eigenvalue weighted by Crippen LogP contribution is 2.38. The quantitative estimate of drug-likeness (QED) is 0.252. The maximum absolute atomic E-state index is 12.2. The van der Waals surface area contributed by atoms with Crippen molar-refractivity contribution in [3.8, 4) is 5.75 Å². The molecule has 204 valence electrons. The van der Waals surface area contributed by atoms with Crippen molar-refractivity contribution < 1.29 is 35.1 Å². The molecule has 7 nitrogen and oxygen atoms in total. The van der Waals surface area contributed by atoms with Gasteiger partial charge in [-0.05, 0) is 78.4 Å². The Morgan fingerprint density at radius 2 is 1.68 bits per heavy atom. The van der Waals surface area contributed by atoms with Crippen LogP contribution in [0.1, 0.15) is 58.1 Å². The number of aromatic hydroxyl groups is 1. The first-order valence-electron chi connectivity index (χ1n) is 13.0. The number of hydrogen-bond donors (Lipinski definition) is 5. The van der Waals surface area contributed by atoms with Gasteiger partial charge in [0.05, 0.1) is 6.61 Å². The summed E-state index contributed by atoms with van der Waals surface area (Å²) in [4.78, 5) is 13.4. The van der Waals surface area contributed by atoms with E-state index >= 15 is 0 Å². The zero-order valence-corrected chi connectivity index (χ0v) is 22.3. The van der Waals surface area contributed by atoms with E-state index in [2.05, 4.69) is 18.2 Å². The van der Waals surface area contributed by atoms with Crippen LogP contribution in [-0.4, -0.2) is 62.3 Å².